The van der Waals surface area contributed by atoms with Crippen molar-refractivity contribution < 1.29 is 23.9 Å². The van der Waals surface area contributed by atoms with E-state index in [1.54, 1.807) is 36.1 Å². The van der Waals surface area contributed by atoms with Crippen molar-refractivity contribution in [3.8, 4) is 5.75 Å². The van der Waals surface area contributed by atoms with Gasteiger partial charge < -0.3 is 9.47 Å². The Morgan fingerprint density at radius 2 is 1.93 bits per heavy atom. The molecule has 1 fully saturated rings. The molecule has 0 radical (unpaired) electrons. The van der Waals surface area contributed by atoms with Crippen LogP contribution in [0.25, 0.3) is 0 Å². The third kappa shape index (κ3) is 3.49. The number of carbonyl (C=O) groups is 3. The monoisotopic (exact) mass is 388 g/mol. The lowest BCUT2D eigenvalue weighted by atomic mass is 9.94. The smallest absolute Gasteiger partial charge is 0.338 e. The van der Waals surface area contributed by atoms with Gasteiger partial charge in [-0.3, -0.25) is 14.5 Å². The Balaban J connectivity index is 2.07. The topological polar surface area (TPSA) is 85.3 Å². The number of hydrogen-bond donors (Lipinski definition) is 0. The molecule has 8 heteroatoms. The summed E-state index contributed by atoms with van der Waals surface area (Å²) in [5, 5.41) is 0.363. The summed E-state index contributed by atoms with van der Waals surface area (Å²) in [5.41, 5.74) is 1.56. The van der Waals surface area contributed by atoms with Gasteiger partial charge in [-0.15, -0.1) is 0 Å². The average molecular weight is 388 g/mol. The second kappa shape index (κ2) is 7.56. The fourth-order valence-electron chi connectivity index (χ4n) is 3.16. The number of benzene rings is 1. The summed E-state index contributed by atoms with van der Waals surface area (Å²) in [4.78, 5) is 42.5. The maximum Gasteiger partial charge on any atom is 0.338 e. The highest BCUT2D eigenvalue weighted by molar-refractivity contribution is 8.15. The van der Waals surface area contributed by atoms with Crippen molar-refractivity contribution in [3.63, 3.8) is 0 Å². The molecule has 1 aromatic carbocycles. The van der Waals surface area contributed by atoms with Gasteiger partial charge in [-0.05, 0) is 31.0 Å². The molecule has 2 aliphatic rings. The third-order valence-electron chi connectivity index (χ3n) is 4.38. The van der Waals surface area contributed by atoms with Crippen LogP contribution in [-0.2, 0) is 19.1 Å². The second-order valence-corrected chi connectivity index (χ2v) is 7.34. The Bertz CT molecular complexity index is 859. The van der Waals surface area contributed by atoms with E-state index >= 15 is 0 Å². The van der Waals surface area contributed by atoms with E-state index in [-0.39, 0.29) is 11.2 Å². The number of methoxy groups -OCH3 is 1. The molecule has 27 heavy (non-hydrogen) atoms. The average Bonchev–Trinajstić information content (AvgIpc) is 2.95. The molecule has 2 aliphatic heterocycles. The minimum absolute atomic E-state index is 0.0794. The highest BCUT2D eigenvalue weighted by Crippen LogP contribution is 2.44. The summed E-state index contributed by atoms with van der Waals surface area (Å²) < 4.78 is 10.0. The quantitative estimate of drug-likeness (QED) is 0.582. The molecule has 1 aromatic rings. The van der Waals surface area contributed by atoms with Crippen molar-refractivity contribution in [2.75, 3.05) is 7.11 Å². The SMILES string of the molecule is CC[C@@H]1SC2=NC(C)=C(C(=O)OC)[C@H](c3ccc(OC(C)=O)cc3)N2C1=O. The third-order valence-corrected chi connectivity index (χ3v) is 5.70. The summed E-state index contributed by atoms with van der Waals surface area (Å²) in [6.45, 7) is 5.00. The van der Waals surface area contributed by atoms with Gasteiger partial charge in [0.25, 0.3) is 0 Å². The minimum atomic E-state index is -0.632. The number of thioether (sulfide) groups is 1. The van der Waals surface area contributed by atoms with Crippen LogP contribution in [0.5, 0.6) is 5.75 Å². The Morgan fingerprint density at radius 1 is 1.26 bits per heavy atom. The van der Waals surface area contributed by atoms with E-state index in [2.05, 4.69) is 4.99 Å². The number of fused-ring (bicyclic) bond motifs is 1. The molecular formula is C19H20N2O5S. The molecule has 2 atom stereocenters. The van der Waals surface area contributed by atoms with Gasteiger partial charge in [0.05, 0.1) is 29.7 Å². The second-order valence-electron chi connectivity index (χ2n) is 6.17. The van der Waals surface area contributed by atoms with E-state index in [1.807, 2.05) is 6.92 Å². The summed E-state index contributed by atoms with van der Waals surface area (Å²) in [5.74, 6) is -0.631. The molecule has 1 saturated heterocycles. The largest absolute Gasteiger partial charge is 0.466 e. The lowest BCUT2D eigenvalue weighted by Crippen LogP contribution is -2.40. The number of esters is 2. The molecule has 0 N–H and O–H groups in total. The van der Waals surface area contributed by atoms with E-state index in [9.17, 15) is 14.4 Å². The first kappa shape index (κ1) is 19.2. The zero-order valence-electron chi connectivity index (χ0n) is 15.5. The predicted octanol–water partition coefficient (Wildman–Crippen LogP) is 2.82. The van der Waals surface area contributed by atoms with Crippen LogP contribution >= 0.6 is 11.8 Å². The molecule has 0 unspecified atom stereocenters. The van der Waals surface area contributed by atoms with Crippen LogP contribution in [0.3, 0.4) is 0 Å². The normalized spacial score (nSPS) is 21.7. The number of aliphatic imine (C=N–C) groups is 1. The molecule has 0 saturated carbocycles. The zero-order valence-corrected chi connectivity index (χ0v) is 16.3. The molecule has 7 nitrogen and oxygen atoms in total. The number of hydrogen-bond acceptors (Lipinski definition) is 7. The molecule has 0 aromatic heterocycles. The van der Waals surface area contributed by atoms with Gasteiger partial charge in [0, 0.05) is 6.92 Å². The van der Waals surface area contributed by atoms with Crippen LogP contribution in [0.15, 0.2) is 40.5 Å². The number of allylic oxidation sites excluding steroid dienone is 1. The summed E-state index contributed by atoms with van der Waals surface area (Å²) in [7, 11) is 1.30. The van der Waals surface area contributed by atoms with E-state index in [4.69, 9.17) is 9.47 Å². The molecule has 3 rings (SSSR count). The van der Waals surface area contributed by atoms with Crippen LogP contribution in [-0.4, -0.2) is 40.3 Å². The molecule has 1 amide bonds. The number of carbonyl (C=O) groups excluding carboxylic acids is 3. The van der Waals surface area contributed by atoms with Gasteiger partial charge in [0.15, 0.2) is 5.17 Å². The lowest BCUT2D eigenvalue weighted by molar-refractivity contribution is -0.137. The van der Waals surface area contributed by atoms with Crippen molar-refractivity contribution in [2.24, 2.45) is 4.99 Å². The number of amidine groups is 1. The van der Waals surface area contributed by atoms with Gasteiger partial charge in [0.2, 0.25) is 5.91 Å². The van der Waals surface area contributed by atoms with Crippen LogP contribution in [0.2, 0.25) is 0 Å². The van der Waals surface area contributed by atoms with Gasteiger partial charge in [0.1, 0.15) is 5.75 Å². The van der Waals surface area contributed by atoms with E-state index < -0.39 is 18.0 Å². The van der Waals surface area contributed by atoms with Gasteiger partial charge in [-0.2, -0.15) is 0 Å². The zero-order chi connectivity index (χ0) is 19.7. The van der Waals surface area contributed by atoms with Crippen LogP contribution < -0.4 is 4.74 Å². The maximum atomic E-state index is 12.9. The summed E-state index contributed by atoms with van der Waals surface area (Å²) in [6.07, 6.45) is 0.670. The highest BCUT2D eigenvalue weighted by atomic mass is 32.2. The van der Waals surface area contributed by atoms with Gasteiger partial charge in [-0.1, -0.05) is 30.8 Å². The number of rotatable bonds is 4. The lowest BCUT2D eigenvalue weighted by Gasteiger charge is -2.32. The van der Waals surface area contributed by atoms with E-state index in [0.29, 0.717) is 34.2 Å². The van der Waals surface area contributed by atoms with Gasteiger partial charge in [-0.25, -0.2) is 9.79 Å². The van der Waals surface area contributed by atoms with E-state index in [1.165, 1.54) is 25.8 Å². The fourth-order valence-corrected chi connectivity index (χ4v) is 4.29. The maximum absolute atomic E-state index is 12.9. The first-order valence-corrected chi connectivity index (χ1v) is 9.41. The van der Waals surface area contributed by atoms with Crippen molar-refractivity contribution in [1.29, 1.82) is 0 Å². The van der Waals surface area contributed by atoms with Crippen LogP contribution in [0, 0.1) is 0 Å². The van der Waals surface area contributed by atoms with Crippen molar-refractivity contribution >= 4 is 34.8 Å². The number of ether oxygens (including phenoxy) is 2. The first-order chi connectivity index (χ1) is 12.9. The number of amides is 1. The van der Waals surface area contributed by atoms with Gasteiger partial charge >= 0.3 is 11.9 Å². The fraction of sp³-hybridized carbons (Fsp3) is 0.368. The summed E-state index contributed by atoms with van der Waals surface area (Å²) >= 11 is 1.41. The Hall–Kier alpha value is -2.61. The van der Waals surface area contributed by atoms with Crippen LogP contribution in [0.1, 0.15) is 38.8 Å². The summed E-state index contributed by atoms with van der Waals surface area (Å²) in [6, 6.07) is 6.11. The van der Waals surface area contributed by atoms with Crippen LogP contribution in [0.4, 0.5) is 0 Å². The first-order valence-electron chi connectivity index (χ1n) is 8.53. The Kier molecular flexibility index (Phi) is 5.36. The molecule has 142 valence electrons. The minimum Gasteiger partial charge on any atom is -0.466 e. The Labute approximate surface area is 161 Å². The molecule has 2 heterocycles. The van der Waals surface area contributed by atoms with E-state index in [0.717, 1.165) is 0 Å². The molecule has 0 spiro atoms. The Morgan fingerprint density at radius 3 is 2.48 bits per heavy atom. The predicted molar refractivity (Wildman–Crippen MR) is 101 cm³/mol. The highest BCUT2D eigenvalue weighted by Gasteiger charge is 2.47. The van der Waals surface area contributed by atoms with Crippen molar-refractivity contribution in [2.45, 2.75) is 38.5 Å². The molecule has 0 aliphatic carbocycles. The van der Waals surface area contributed by atoms with Crippen molar-refractivity contribution in [1.82, 2.24) is 4.90 Å². The molecule has 0 bridgehead atoms. The molecular weight excluding hydrogens is 368 g/mol. The number of nitrogens with zero attached hydrogens (tertiary/aromatic N) is 2. The standard InChI is InChI=1S/C19H20N2O5S/c1-5-14-17(23)21-16(12-6-8-13(9-7-12)26-11(3)22)15(18(24)25-4)10(2)20-19(21)27-14/h6-9,14,16H,5H2,1-4H3/t14-,16-/m0/s1. The van der Waals surface area contributed by atoms with Crippen molar-refractivity contribution in [3.05, 3.63) is 41.1 Å².